The van der Waals surface area contributed by atoms with Gasteiger partial charge in [0.05, 0.1) is 11.5 Å². The van der Waals surface area contributed by atoms with Crippen LogP contribution in [0.15, 0.2) is 30.6 Å². The Morgan fingerprint density at radius 3 is 2.79 bits per heavy atom. The summed E-state index contributed by atoms with van der Waals surface area (Å²) in [5.41, 5.74) is 6.57. The van der Waals surface area contributed by atoms with Crippen LogP contribution in [0.2, 0.25) is 0 Å². The fraction of sp³-hybridized carbons (Fsp3) is 0.250. The summed E-state index contributed by atoms with van der Waals surface area (Å²) in [6.07, 6.45) is 3.60. The number of benzene rings is 1. The standard InChI is InChI=1S/C12H15N5O2/c1-15-6-5-14-12(15)8-16(2)9-3-4-11(17(18)19)10(13)7-9/h3-7H,8,13H2,1-2H3. The van der Waals surface area contributed by atoms with E-state index in [2.05, 4.69) is 4.98 Å². The van der Waals surface area contributed by atoms with Crippen LogP contribution in [0.25, 0.3) is 0 Å². The minimum Gasteiger partial charge on any atom is -0.393 e. The molecule has 1 heterocycles. The van der Waals surface area contributed by atoms with Crippen molar-refractivity contribution < 1.29 is 4.92 Å². The van der Waals surface area contributed by atoms with Crippen molar-refractivity contribution in [3.8, 4) is 0 Å². The Labute approximate surface area is 110 Å². The number of aromatic nitrogens is 2. The summed E-state index contributed by atoms with van der Waals surface area (Å²) >= 11 is 0. The number of hydrogen-bond acceptors (Lipinski definition) is 5. The summed E-state index contributed by atoms with van der Waals surface area (Å²) in [6, 6.07) is 4.69. The van der Waals surface area contributed by atoms with E-state index in [1.54, 1.807) is 18.3 Å². The van der Waals surface area contributed by atoms with E-state index in [-0.39, 0.29) is 11.4 Å². The van der Waals surface area contributed by atoms with E-state index in [9.17, 15) is 10.1 Å². The van der Waals surface area contributed by atoms with Gasteiger partial charge in [-0.05, 0) is 12.1 Å². The molecule has 2 N–H and O–H groups in total. The van der Waals surface area contributed by atoms with E-state index in [1.165, 1.54) is 6.07 Å². The molecule has 7 heteroatoms. The van der Waals surface area contributed by atoms with Crippen LogP contribution in [0.4, 0.5) is 17.1 Å². The second-order valence-electron chi connectivity index (χ2n) is 4.31. The lowest BCUT2D eigenvalue weighted by Crippen LogP contribution is -2.19. The predicted octanol–water partition coefficient (Wildman–Crippen LogP) is 1.55. The maximum atomic E-state index is 10.7. The van der Waals surface area contributed by atoms with Crippen molar-refractivity contribution in [2.24, 2.45) is 7.05 Å². The third-order valence-electron chi connectivity index (χ3n) is 2.95. The van der Waals surface area contributed by atoms with Gasteiger partial charge in [-0.2, -0.15) is 0 Å². The number of aryl methyl sites for hydroxylation is 1. The number of nitrogens with two attached hydrogens (primary N) is 1. The minimum absolute atomic E-state index is 0.0749. The van der Waals surface area contributed by atoms with Gasteiger partial charge in [0.1, 0.15) is 11.5 Å². The third kappa shape index (κ3) is 2.65. The van der Waals surface area contributed by atoms with E-state index in [1.807, 2.05) is 29.8 Å². The van der Waals surface area contributed by atoms with Gasteiger partial charge in [-0.25, -0.2) is 4.98 Å². The number of anilines is 2. The number of rotatable bonds is 4. The first kappa shape index (κ1) is 12.9. The molecule has 0 aliphatic rings. The van der Waals surface area contributed by atoms with Crippen LogP contribution in [0, 0.1) is 10.1 Å². The van der Waals surface area contributed by atoms with Gasteiger partial charge in [-0.1, -0.05) is 0 Å². The fourth-order valence-electron chi connectivity index (χ4n) is 1.80. The molecule has 0 bridgehead atoms. The SMILES string of the molecule is CN(Cc1nccn1C)c1ccc([N+](=O)[O-])c(N)c1. The second-order valence-corrected chi connectivity index (χ2v) is 4.31. The lowest BCUT2D eigenvalue weighted by atomic mass is 10.2. The first-order valence-corrected chi connectivity index (χ1v) is 5.70. The van der Waals surface area contributed by atoms with E-state index < -0.39 is 4.92 Å². The zero-order valence-electron chi connectivity index (χ0n) is 10.8. The maximum Gasteiger partial charge on any atom is 0.292 e. The lowest BCUT2D eigenvalue weighted by molar-refractivity contribution is -0.383. The van der Waals surface area contributed by atoms with E-state index >= 15 is 0 Å². The highest BCUT2D eigenvalue weighted by molar-refractivity contribution is 5.66. The topological polar surface area (TPSA) is 90.2 Å². The summed E-state index contributed by atoms with van der Waals surface area (Å²) in [6.45, 7) is 0.598. The Hall–Kier alpha value is -2.57. The molecule has 0 fully saturated rings. The van der Waals surface area contributed by atoms with E-state index in [4.69, 9.17) is 5.73 Å². The molecule has 0 radical (unpaired) electrons. The Morgan fingerprint density at radius 2 is 2.26 bits per heavy atom. The lowest BCUT2D eigenvalue weighted by Gasteiger charge is -2.19. The normalized spacial score (nSPS) is 10.4. The highest BCUT2D eigenvalue weighted by Gasteiger charge is 2.13. The maximum absolute atomic E-state index is 10.7. The third-order valence-corrected chi connectivity index (χ3v) is 2.95. The van der Waals surface area contributed by atoms with Crippen LogP contribution >= 0.6 is 0 Å². The quantitative estimate of drug-likeness (QED) is 0.512. The van der Waals surface area contributed by atoms with E-state index in [0.717, 1.165) is 11.5 Å². The van der Waals surface area contributed by atoms with Gasteiger partial charge in [0.15, 0.2) is 0 Å². The molecule has 2 rings (SSSR count). The zero-order valence-corrected chi connectivity index (χ0v) is 10.8. The molecule has 0 aliphatic carbocycles. The average Bonchev–Trinajstić information content (AvgIpc) is 2.74. The fourth-order valence-corrected chi connectivity index (χ4v) is 1.80. The molecule has 0 aliphatic heterocycles. The molecule has 0 atom stereocenters. The van der Waals surface area contributed by atoms with Crippen molar-refractivity contribution in [2.45, 2.75) is 6.54 Å². The van der Waals surface area contributed by atoms with Crippen LogP contribution in [-0.2, 0) is 13.6 Å². The van der Waals surface area contributed by atoms with Crippen molar-refractivity contribution in [3.05, 3.63) is 46.5 Å². The number of imidazole rings is 1. The first-order valence-electron chi connectivity index (χ1n) is 5.70. The van der Waals surface area contributed by atoms with Crippen LogP contribution in [0.1, 0.15) is 5.82 Å². The van der Waals surface area contributed by atoms with Crippen molar-refractivity contribution in [3.63, 3.8) is 0 Å². The average molecular weight is 261 g/mol. The molecule has 0 amide bonds. The molecular formula is C12H15N5O2. The Morgan fingerprint density at radius 1 is 1.53 bits per heavy atom. The molecule has 100 valence electrons. The Balaban J connectivity index is 2.20. The van der Waals surface area contributed by atoms with Crippen LogP contribution in [-0.4, -0.2) is 21.5 Å². The Bertz CT molecular complexity index is 608. The molecule has 1 aromatic carbocycles. The molecule has 1 aromatic heterocycles. The molecule has 19 heavy (non-hydrogen) atoms. The van der Waals surface area contributed by atoms with Crippen LogP contribution in [0.3, 0.4) is 0 Å². The van der Waals surface area contributed by atoms with Gasteiger partial charge in [0.25, 0.3) is 5.69 Å². The first-order chi connectivity index (χ1) is 8.99. The van der Waals surface area contributed by atoms with Crippen molar-refractivity contribution in [1.29, 1.82) is 0 Å². The molecule has 0 unspecified atom stereocenters. The zero-order chi connectivity index (χ0) is 14.0. The van der Waals surface area contributed by atoms with Crippen LogP contribution in [0.5, 0.6) is 0 Å². The molecular weight excluding hydrogens is 246 g/mol. The second kappa shape index (κ2) is 4.97. The Kier molecular flexibility index (Phi) is 3.37. The summed E-state index contributed by atoms with van der Waals surface area (Å²) in [5.74, 6) is 0.902. The van der Waals surface area contributed by atoms with Crippen LogP contribution < -0.4 is 10.6 Å². The smallest absolute Gasteiger partial charge is 0.292 e. The summed E-state index contributed by atoms with van der Waals surface area (Å²) in [4.78, 5) is 16.4. The van der Waals surface area contributed by atoms with Gasteiger partial charge < -0.3 is 15.2 Å². The number of nitrogen functional groups attached to an aromatic ring is 1. The van der Waals surface area contributed by atoms with Gasteiger partial charge in [0, 0.05) is 38.2 Å². The van der Waals surface area contributed by atoms with Crippen molar-refractivity contribution in [1.82, 2.24) is 9.55 Å². The predicted molar refractivity (Wildman–Crippen MR) is 72.8 cm³/mol. The van der Waals surface area contributed by atoms with Gasteiger partial charge in [-0.3, -0.25) is 10.1 Å². The highest BCUT2D eigenvalue weighted by atomic mass is 16.6. The number of nitro benzene ring substituents is 1. The van der Waals surface area contributed by atoms with E-state index in [0.29, 0.717) is 6.54 Å². The minimum atomic E-state index is -0.488. The molecule has 0 saturated heterocycles. The number of hydrogen-bond donors (Lipinski definition) is 1. The van der Waals surface area contributed by atoms with Crippen molar-refractivity contribution in [2.75, 3.05) is 17.7 Å². The summed E-state index contributed by atoms with van der Waals surface area (Å²) < 4.78 is 1.92. The largest absolute Gasteiger partial charge is 0.393 e. The highest BCUT2D eigenvalue weighted by Crippen LogP contribution is 2.26. The van der Waals surface area contributed by atoms with Crippen molar-refractivity contribution >= 4 is 17.1 Å². The molecule has 2 aromatic rings. The number of nitro groups is 1. The number of nitrogens with zero attached hydrogens (tertiary/aromatic N) is 4. The monoisotopic (exact) mass is 261 g/mol. The van der Waals surface area contributed by atoms with Gasteiger partial charge in [0.2, 0.25) is 0 Å². The summed E-state index contributed by atoms with van der Waals surface area (Å²) in [7, 11) is 3.80. The molecule has 7 nitrogen and oxygen atoms in total. The molecule has 0 spiro atoms. The molecule has 0 saturated carbocycles. The van der Waals surface area contributed by atoms with Gasteiger partial charge >= 0.3 is 0 Å². The summed E-state index contributed by atoms with van der Waals surface area (Å²) in [5, 5.41) is 10.7. The van der Waals surface area contributed by atoms with Gasteiger partial charge in [-0.15, -0.1) is 0 Å².